The smallest absolute Gasteiger partial charge is 0.135 e. The number of hydrogen-bond donors (Lipinski definition) is 0. The minimum atomic E-state index is 0.350. The minimum absolute atomic E-state index is 0.350. The minimum Gasteiger partial charge on any atom is -0.135 e. The fourth-order valence-electron chi connectivity index (χ4n) is 0.228. The molecule has 7 heavy (non-hydrogen) atoms. The first kappa shape index (κ1) is 4.11. The van der Waals surface area contributed by atoms with Gasteiger partial charge in [0.25, 0.3) is 0 Å². The van der Waals surface area contributed by atoms with Crippen molar-refractivity contribution in [2.75, 3.05) is 0 Å². The zero-order valence-electron chi connectivity index (χ0n) is 3.57. The molecule has 4 nitrogen and oxygen atoms in total. The van der Waals surface area contributed by atoms with Gasteiger partial charge in [0, 0.05) is 6.92 Å². The maximum Gasteiger partial charge on any atom is 0.173 e. The van der Waals surface area contributed by atoms with Crippen molar-refractivity contribution in [3.63, 3.8) is 0 Å². The van der Waals surface area contributed by atoms with Crippen LogP contribution in [0.25, 0.3) is 0 Å². The number of nitrogens with zero attached hydrogens (tertiary/aromatic N) is 4. The molecule has 0 fully saturated rings. The van der Waals surface area contributed by atoms with Gasteiger partial charge in [-0.1, -0.05) is 0 Å². The van der Waals surface area contributed by atoms with Crippen molar-refractivity contribution in [2.45, 2.75) is 0 Å². The topological polar surface area (TPSA) is 51.6 Å². The van der Waals surface area contributed by atoms with E-state index in [-0.39, 0.29) is 0 Å². The highest BCUT2D eigenvalue weighted by Crippen LogP contribution is 1.69. The summed E-state index contributed by atoms with van der Waals surface area (Å²) in [4.78, 5) is 0. The van der Waals surface area contributed by atoms with Gasteiger partial charge in [0.05, 0.1) is 0 Å². The molecule has 0 amide bonds. The molecule has 1 rings (SSSR count). The fraction of sp³-hybridized carbons (Fsp3) is 0. The predicted octanol–water partition coefficient (Wildman–Crippen LogP) is -0.551. The molecule has 0 bridgehead atoms. The van der Waals surface area contributed by atoms with Crippen LogP contribution in [0.3, 0.4) is 0 Å². The SMILES string of the molecule is [CH2]c1nncnn1. The van der Waals surface area contributed by atoms with E-state index >= 15 is 0 Å². The van der Waals surface area contributed by atoms with Gasteiger partial charge in [0.1, 0.15) is 0 Å². The zero-order valence-corrected chi connectivity index (χ0v) is 3.57. The summed E-state index contributed by atoms with van der Waals surface area (Å²) in [7, 11) is 0. The predicted molar refractivity (Wildman–Crippen MR) is 22.1 cm³/mol. The second-order valence-electron chi connectivity index (χ2n) is 0.963. The Labute approximate surface area is 40.6 Å². The molecule has 35 valence electrons. The second-order valence-corrected chi connectivity index (χ2v) is 0.963. The Morgan fingerprint density at radius 3 is 2.14 bits per heavy atom. The van der Waals surface area contributed by atoms with Crippen LogP contribution in [0.2, 0.25) is 0 Å². The van der Waals surface area contributed by atoms with E-state index in [4.69, 9.17) is 0 Å². The molecule has 0 aliphatic heterocycles. The molecule has 0 aliphatic rings. The van der Waals surface area contributed by atoms with Gasteiger partial charge in [-0.2, -0.15) is 0 Å². The maximum absolute atomic E-state index is 3.44. The summed E-state index contributed by atoms with van der Waals surface area (Å²) in [5.41, 5.74) is 0. The summed E-state index contributed by atoms with van der Waals surface area (Å²) in [5, 5.41) is 13.7. The molecular formula is C3H3N4. The highest BCUT2D eigenvalue weighted by atomic mass is 15.3. The van der Waals surface area contributed by atoms with Gasteiger partial charge in [-0.15, -0.1) is 20.4 Å². The van der Waals surface area contributed by atoms with Crippen molar-refractivity contribution < 1.29 is 0 Å². The molecule has 0 saturated heterocycles. The van der Waals surface area contributed by atoms with Crippen LogP contribution in [-0.4, -0.2) is 20.4 Å². The molecule has 0 aliphatic carbocycles. The third-order valence-electron chi connectivity index (χ3n) is 0.450. The molecule has 0 unspecified atom stereocenters. The first-order valence-electron chi connectivity index (χ1n) is 1.72. The van der Waals surface area contributed by atoms with Crippen LogP contribution < -0.4 is 0 Å². The quantitative estimate of drug-likeness (QED) is 0.433. The molecule has 1 radical (unpaired) electrons. The van der Waals surface area contributed by atoms with Crippen LogP contribution in [0.15, 0.2) is 6.33 Å². The maximum atomic E-state index is 3.44. The lowest BCUT2D eigenvalue weighted by Gasteiger charge is -1.78. The largest absolute Gasteiger partial charge is 0.173 e. The molecule has 0 spiro atoms. The summed E-state index contributed by atoms with van der Waals surface area (Å²) in [6.07, 6.45) is 1.26. The third kappa shape index (κ3) is 0.887. The summed E-state index contributed by atoms with van der Waals surface area (Å²) in [6.45, 7) is 3.37. The molecule has 4 heteroatoms. The van der Waals surface area contributed by atoms with Crippen molar-refractivity contribution in [1.82, 2.24) is 20.4 Å². The first-order chi connectivity index (χ1) is 3.39. The molecule has 1 aromatic rings. The van der Waals surface area contributed by atoms with E-state index in [2.05, 4.69) is 27.3 Å². The summed E-state index contributed by atoms with van der Waals surface area (Å²) < 4.78 is 0. The lowest BCUT2D eigenvalue weighted by Crippen LogP contribution is -1.90. The molecule has 0 saturated carbocycles. The van der Waals surface area contributed by atoms with Crippen molar-refractivity contribution in [3.8, 4) is 0 Å². The molecule has 1 heterocycles. The average molecular weight is 95.1 g/mol. The molecule has 1 aromatic heterocycles. The standard InChI is InChI=1S/C3H3N4/c1-3-6-4-2-5-7-3/h2H,1H2. The summed E-state index contributed by atoms with van der Waals surface area (Å²) in [5.74, 6) is 0.350. The number of aromatic nitrogens is 4. The Bertz CT molecular complexity index is 137. The van der Waals surface area contributed by atoms with Gasteiger partial charge in [-0.3, -0.25) is 0 Å². The van der Waals surface area contributed by atoms with Crippen LogP contribution >= 0.6 is 0 Å². The van der Waals surface area contributed by atoms with E-state index < -0.39 is 0 Å². The van der Waals surface area contributed by atoms with Crippen molar-refractivity contribution >= 4 is 0 Å². The van der Waals surface area contributed by atoms with Gasteiger partial charge in [-0.25, -0.2) is 0 Å². The molecular weight excluding hydrogens is 92.1 g/mol. The lowest BCUT2D eigenvalue weighted by molar-refractivity contribution is 0.828. The molecule has 0 aromatic carbocycles. The fourth-order valence-corrected chi connectivity index (χ4v) is 0.228. The van der Waals surface area contributed by atoms with Crippen LogP contribution in [0.1, 0.15) is 5.82 Å². The highest BCUT2D eigenvalue weighted by Gasteiger charge is 1.78. The Kier molecular flexibility index (Phi) is 0.934. The second kappa shape index (κ2) is 1.59. The highest BCUT2D eigenvalue weighted by molar-refractivity contribution is 4.78. The van der Waals surface area contributed by atoms with E-state index in [0.29, 0.717) is 5.82 Å². The van der Waals surface area contributed by atoms with E-state index in [1.54, 1.807) is 0 Å². The molecule has 0 atom stereocenters. The van der Waals surface area contributed by atoms with Gasteiger partial charge >= 0.3 is 0 Å². The van der Waals surface area contributed by atoms with Gasteiger partial charge in [0.2, 0.25) is 0 Å². The van der Waals surface area contributed by atoms with Crippen molar-refractivity contribution in [3.05, 3.63) is 19.1 Å². The first-order valence-corrected chi connectivity index (χ1v) is 1.72. The van der Waals surface area contributed by atoms with E-state index in [1.807, 2.05) is 0 Å². The van der Waals surface area contributed by atoms with Crippen LogP contribution in [0.5, 0.6) is 0 Å². The monoisotopic (exact) mass is 95.0 g/mol. The van der Waals surface area contributed by atoms with Crippen LogP contribution in [0, 0.1) is 6.92 Å². The van der Waals surface area contributed by atoms with E-state index in [9.17, 15) is 0 Å². The summed E-state index contributed by atoms with van der Waals surface area (Å²) >= 11 is 0. The Morgan fingerprint density at radius 1 is 1.29 bits per heavy atom. The Hall–Kier alpha value is -1.06. The normalized spacial score (nSPS) is 8.71. The number of hydrogen-bond acceptors (Lipinski definition) is 4. The lowest BCUT2D eigenvalue weighted by atomic mass is 10.8. The molecule has 0 N–H and O–H groups in total. The van der Waals surface area contributed by atoms with Crippen LogP contribution in [-0.2, 0) is 0 Å². The van der Waals surface area contributed by atoms with E-state index in [1.165, 1.54) is 6.33 Å². The van der Waals surface area contributed by atoms with E-state index in [0.717, 1.165) is 0 Å². The Balaban J connectivity index is 3.02. The van der Waals surface area contributed by atoms with Crippen molar-refractivity contribution in [2.24, 2.45) is 0 Å². The zero-order chi connectivity index (χ0) is 5.11. The Morgan fingerprint density at radius 2 is 1.86 bits per heavy atom. The number of rotatable bonds is 0. The summed E-state index contributed by atoms with van der Waals surface area (Å²) in [6, 6.07) is 0. The van der Waals surface area contributed by atoms with Crippen molar-refractivity contribution in [1.29, 1.82) is 0 Å². The van der Waals surface area contributed by atoms with Gasteiger partial charge in [0.15, 0.2) is 12.2 Å². The third-order valence-corrected chi connectivity index (χ3v) is 0.450. The van der Waals surface area contributed by atoms with Gasteiger partial charge in [-0.05, 0) is 0 Å². The average Bonchev–Trinajstić information content (AvgIpc) is 1.69. The van der Waals surface area contributed by atoms with Crippen LogP contribution in [0.4, 0.5) is 0 Å². The van der Waals surface area contributed by atoms with Gasteiger partial charge < -0.3 is 0 Å².